The summed E-state index contributed by atoms with van der Waals surface area (Å²) in [4.78, 5) is 36.6. The van der Waals surface area contributed by atoms with Crippen LogP contribution in [0.1, 0.15) is 30.0 Å². The van der Waals surface area contributed by atoms with Crippen molar-refractivity contribution >= 4 is 28.9 Å². The zero-order valence-electron chi connectivity index (χ0n) is 16.6. The highest BCUT2D eigenvalue weighted by Crippen LogP contribution is 2.29. The minimum absolute atomic E-state index is 0.0415. The van der Waals surface area contributed by atoms with Gasteiger partial charge >= 0.3 is 18.0 Å². The number of carbonyl (C=O) groups is 3. The first-order valence-electron chi connectivity index (χ1n) is 9.07. The van der Waals surface area contributed by atoms with Crippen molar-refractivity contribution in [1.29, 1.82) is 0 Å². The fraction of sp³-hybridized carbons (Fsp3) is 0.350. The van der Waals surface area contributed by atoms with E-state index in [4.69, 9.17) is 18.6 Å². The van der Waals surface area contributed by atoms with Crippen LogP contribution in [0.5, 0.6) is 5.75 Å². The SMILES string of the molecule is CCOC(=O)C1=C(COC(=O)c2oc3ccc(OC)cc3c2C)NC(=O)N[C@@H]1C. The number of hydrogen-bond donors (Lipinski definition) is 2. The number of ether oxygens (including phenoxy) is 3. The van der Waals surface area contributed by atoms with E-state index in [1.807, 2.05) is 0 Å². The lowest BCUT2D eigenvalue weighted by Gasteiger charge is -2.26. The number of nitrogens with one attached hydrogen (secondary N) is 2. The summed E-state index contributed by atoms with van der Waals surface area (Å²) < 4.78 is 21.2. The second-order valence-electron chi connectivity index (χ2n) is 6.43. The molecule has 154 valence electrons. The number of esters is 2. The van der Waals surface area contributed by atoms with E-state index in [0.717, 1.165) is 5.39 Å². The summed E-state index contributed by atoms with van der Waals surface area (Å²) in [6.07, 6.45) is 0. The molecule has 2 amide bonds. The summed E-state index contributed by atoms with van der Waals surface area (Å²) >= 11 is 0. The zero-order chi connectivity index (χ0) is 21.1. The summed E-state index contributed by atoms with van der Waals surface area (Å²) in [5.41, 5.74) is 1.49. The van der Waals surface area contributed by atoms with Gasteiger partial charge in [0.1, 0.15) is 17.9 Å². The van der Waals surface area contributed by atoms with Crippen molar-refractivity contribution in [1.82, 2.24) is 10.6 Å². The number of methoxy groups -OCH3 is 1. The minimum atomic E-state index is -0.714. The molecule has 0 radical (unpaired) electrons. The standard InChI is InChI=1S/C20H22N2O7/c1-5-27-18(23)16-11(3)21-20(25)22-14(16)9-28-19(24)17-10(2)13-8-12(26-4)6-7-15(13)29-17/h6-8,11H,5,9H2,1-4H3,(H2,21,22,25)/t11-/m1/s1. The van der Waals surface area contributed by atoms with Crippen molar-refractivity contribution < 1.29 is 33.0 Å². The molecule has 0 aliphatic carbocycles. The number of hydrogen-bond acceptors (Lipinski definition) is 7. The summed E-state index contributed by atoms with van der Waals surface area (Å²) in [7, 11) is 1.55. The first kappa shape index (κ1) is 20.2. The molecule has 29 heavy (non-hydrogen) atoms. The zero-order valence-corrected chi connectivity index (χ0v) is 16.6. The smallest absolute Gasteiger partial charge is 0.374 e. The molecule has 2 N–H and O–H groups in total. The van der Waals surface area contributed by atoms with Crippen molar-refractivity contribution in [2.75, 3.05) is 20.3 Å². The van der Waals surface area contributed by atoms with Gasteiger partial charge in [-0.05, 0) is 39.0 Å². The van der Waals surface area contributed by atoms with E-state index in [9.17, 15) is 14.4 Å². The normalized spacial score (nSPS) is 16.3. The maximum atomic E-state index is 12.6. The highest BCUT2D eigenvalue weighted by molar-refractivity contribution is 5.97. The maximum absolute atomic E-state index is 12.6. The molecule has 1 aliphatic rings. The summed E-state index contributed by atoms with van der Waals surface area (Å²) in [5, 5.41) is 5.81. The molecule has 9 heteroatoms. The quantitative estimate of drug-likeness (QED) is 0.713. The van der Waals surface area contributed by atoms with E-state index < -0.39 is 24.0 Å². The lowest BCUT2D eigenvalue weighted by Crippen LogP contribution is -2.50. The average molecular weight is 402 g/mol. The van der Waals surface area contributed by atoms with Gasteiger partial charge in [0.2, 0.25) is 5.76 Å². The van der Waals surface area contributed by atoms with Crippen LogP contribution in [0.2, 0.25) is 0 Å². The van der Waals surface area contributed by atoms with E-state index in [1.54, 1.807) is 46.1 Å². The van der Waals surface area contributed by atoms with Crippen molar-refractivity contribution in [2.45, 2.75) is 26.8 Å². The van der Waals surface area contributed by atoms with Gasteiger partial charge < -0.3 is 29.3 Å². The van der Waals surface area contributed by atoms with E-state index in [2.05, 4.69) is 10.6 Å². The third-order valence-corrected chi connectivity index (χ3v) is 4.54. The highest BCUT2D eigenvalue weighted by Gasteiger charge is 2.31. The second-order valence-corrected chi connectivity index (χ2v) is 6.43. The average Bonchev–Trinajstić information content (AvgIpc) is 3.01. The highest BCUT2D eigenvalue weighted by atomic mass is 16.5. The fourth-order valence-corrected chi connectivity index (χ4v) is 3.12. The number of rotatable bonds is 6. The van der Waals surface area contributed by atoms with Gasteiger partial charge in [0.25, 0.3) is 0 Å². The van der Waals surface area contributed by atoms with Crippen molar-refractivity contribution in [3.05, 3.63) is 40.8 Å². The Morgan fingerprint density at radius 3 is 2.66 bits per heavy atom. The molecule has 0 unspecified atom stereocenters. The molecule has 1 aromatic carbocycles. The van der Waals surface area contributed by atoms with Gasteiger partial charge in [0.15, 0.2) is 0 Å². The number of benzene rings is 1. The monoisotopic (exact) mass is 402 g/mol. The Balaban J connectivity index is 1.84. The second kappa shape index (κ2) is 8.26. The molecular weight excluding hydrogens is 380 g/mol. The molecule has 0 saturated heterocycles. The summed E-state index contributed by atoms with van der Waals surface area (Å²) in [5.74, 6) is -0.629. The van der Waals surface area contributed by atoms with E-state index in [-0.39, 0.29) is 30.2 Å². The minimum Gasteiger partial charge on any atom is -0.497 e. The first-order chi connectivity index (χ1) is 13.8. The molecule has 1 aliphatic heterocycles. The van der Waals surface area contributed by atoms with Crippen molar-refractivity contribution in [3.8, 4) is 5.75 Å². The van der Waals surface area contributed by atoms with Crippen molar-refractivity contribution in [2.24, 2.45) is 0 Å². The van der Waals surface area contributed by atoms with Crippen LogP contribution < -0.4 is 15.4 Å². The van der Waals surface area contributed by atoms with Crippen LogP contribution in [-0.4, -0.2) is 44.3 Å². The summed E-state index contributed by atoms with van der Waals surface area (Å²) in [6, 6.07) is 4.11. The largest absolute Gasteiger partial charge is 0.497 e. The van der Waals surface area contributed by atoms with E-state index in [0.29, 0.717) is 16.9 Å². The lowest BCUT2D eigenvalue weighted by atomic mass is 10.0. The number of furan rings is 1. The number of carbonyl (C=O) groups excluding carboxylic acids is 3. The van der Waals surface area contributed by atoms with Gasteiger partial charge in [0.05, 0.1) is 31.0 Å². The molecule has 1 atom stereocenters. The maximum Gasteiger partial charge on any atom is 0.374 e. The van der Waals surface area contributed by atoms with Crippen LogP contribution in [0, 0.1) is 6.92 Å². The molecule has 0 fully saturated rings. The van der Waals surface area contributed by atoms with Gasteiger partial charge in [-0.1, -0.05) is 0 Å². The molecule has 1 aromatic heterocycles. The third-order valence-electron chi connectivity index (χ3n) is 4.54. The lowest BCUT2D eigenvalue weighted by molar-refractivity contribution is -0.139. The number of aryl methyl sites for hydroxylation is 1. The summed E-state index contributed by atoms with van der Waals surface area (Å²) in [6.45, 7) is 4.92. The Labute approximate surface area is 167 Å². The predicted octanol–water partition coefficient (Wildman–Crippen LogP) is 2.43. The van der Waals surface area contributed by atoms with E-state index in [1.165, 1.54) is 0 Å². The number of fused-ring (bicyclic) bond motifs is 1. The fourth-order valence-electron chi connectivity index (χ4n) is 3.12. The van der Waals surface area contributed by atoms with Gasteiger partial charge in [-0.2, -0.15) is 0 Å². The first-order valence-corrected chi connectivity index (χ1v) is 9.07. The topological polar surface area (TPSA) is 116 Å². The number of urea groups is 1. The van der Waals surface area contributed by atoms with Gasteiger partial charge in [0, 0.05) is 10.9 Å². The van der Waals surface area contributed by atoms with E-state index >= 15 is 0 Å². The molecule has 0 spiro atoms. The molecular formula is C20H22N2O7. The Morgan fingerprint density at radius 2 is 1.97 bits per heavy atom. The van der Waals surface area contributed by atoms with Gasteiger partial charge in [-0.3, -0.25) is 0 Å². The van der Waals surface area contributed by atoms with Crippen LogP contribution in [0.4, 0.5) is 4.79 Å². The van der Waals surface area contributed by atoms with Gasteiger partial charge in [-0.15, -0.1) is 0 Å². The molecule has 9 nitrogen and oxygen atoms in total. The van der Waals surface area contributed by atoms with Crippen LogP contribution in [0.25, 0.3) is 11.0 Å². The van der Waals surface area contributed by atoms with Crippen LogP contribution in [0.3, 0.4) is 0 Å². The van der Waals surface area contributed by atoms with Crippen LogP contribution >= 0.6 is 0 Å². The van der Waals surface area contributed by atoms with Crippen molar-refractivity contribution in [3.63, 3.8) is 0 Å². The van der Waals surface area contributed by atoms with Crippen LogP contribution in [0.15, 0.2) is 33.9 Å². The Kier molecular flexibility index (Phi) is 5.76. The third kappa shape index (κ3) is 4.03. The molecule has 0 saturated carbocycles. The molecule has 3 rings (SSSR count). The van der Waals surface area contributed by atoms with Gasteiger partial charge in [-0.25, -0.2) is 14.4 Å². The molecule has 2 heterocycles. The predicted molar refractivity (Wildman–Crippen MR) is 103 cm³/mol. The Morgan fingerprint density at radius 1 is 1.21 bits per heavy atom. The molecule has 0 bridgehead atoms. The molecule has 2 aromatic rings. The Hall–Kier alpha value is -3.49. The Bertz CT molecular complexity index is 1010. The number of amides is 2. The van der Waals surface area contributed by atoms with Crippen LogP contribution in [-0.2, 0) is 14.3 Å².